The molecule has 0 bridgehead atoms. The molecule has 4 aromatic rings. The zero-order valence-electron chi connectivity index (χ0n) is 29.6. The smallest absolute Gasteiger partial charge is 0.274 e. The first-order valence-electron chi connectivity index (χ1n) is 17.2. The van der Waals surface area contributed by atoms with Gasteiger partial charge in [-0.25, -0.2) is 13.8 Å². The van der Waals surface area contributed by atoms with E-state index in [0.29, 0.717) is 45.0 Å². The van der Waals surface area contributed by atoms with Crippen LogP contribution >= 0.6 is 11.3 Å². The molecular formula is C38H44F2N4O5SSi. The molecule has 0 aliphatic carbocycles. The molecule has 0 spiro atoms. The van der Waals surface area contributed by atoms with Gasteiger partial charge in [0.15, 0.2) is 11.6 Å². The lowest BCUT2D eigenvalue weighted by molar-refractivity contribution is -0.00553. The van der Waals surface area contributed by atoms with Crippen LogP contribution in [0.5, 0.6) is 0 Å². The Labute approximate surface area is 302 Å². The number of nitrogens with zero attached hydrogens (tertiary/aromatic N) is 4. The Morgan fingerprint density at radius 2 is 1.59 bits per heavy atom. The molecule has 51 heavy (non-hydrogen) atoms. The Morgan fingerprint density at radius 1 is 1.00 bits per heavy atom. The second-order valence-corrected chi connectivity index (χ2v) is 19.2. The van der Waals surface area contributed by atoms with Crippen molar-refractivity contribution in [1.82, 2.24) is 9.88 Å². The number of carbonyl (C=O) groups excluding carboxylic acids is 1. The maximum absolute atomic E-state index is 16.8. The number of thiazole rings is 1. The van der Waals surface area contributed by atoms with Crippen LogP contribution in [0.4, 0.5) is 14.5 Å². The topological polar surface area (TPSA) is 96.7 Å². The molecule has 2 fully saturated rings. The first-order chi connectivity index (χ1) is 24.5. The molecule has 0 saturated carbocycles. The first-order valence-corrected chi connectivity index (χ1v) is 19.9. The number of hydrogen-bond acceptors (Lipinski definition) is 9. The summed E-state index contributed by atoms with van der Waals surface area (Å²) in [5.41, 5.74) is 1.30. The van der Waals surface area contributed by atoms with Gasteiger partial charge >= 0.3 is 0 Å². The molecule has 13 heteroatoms. The minimum atomic E-state index is -3.12. The standard InChI is InChI=1S/C38H44F2N4O5SSi/c1-25-21-44(22-26(2)49-25)35-27(23-48-51(38(3,4)5,28-12-8-6-9-13-28)29-14-10-7-11-15-29)20-30(31(39)32(35)40)33(42-46)36-34(41-24-50-36)37(45)43-16-18-47-19-17-43/h6-15,20,24-26,46H,16-19,21-23H2,1-5H3/t25-,26+. The van der Waals surface area contributed by atoms with Gasteiger partial charge in [-0.2, -0.15) is 0 Å². The molecule has 9 nitrogen and oxygen atoms in total. The third-order valence-corrected chi connectivity index (χ3v) is 15.3. The van der Waals surface area contributed by atoms with E-state index in [4.69, 9.17) is 13.9 Å². The summed E-state index contributed by atoms with van der Waals surface area (Å²) < 4.78 is 51.9. The fraction of sp³-hybridized carbons (Fsp3) is 0.395. The molecule has 270 valence electrons. The number of benzene rings is 3. The number of hydrogen-bond donors (Lipinski definition) is 1. The van der Waals surface area contributed by atoms with Gasteiger partial charge in [-0.15, -0.1) is 11.3 Å². The summed E-state index contributed by atoms with van der Waals surface area (Å²) >= 11 is 1.02. The SMILES string of the molecule is C[C@@H]1CN(c2c(CO[Si](c3ccccc3)(c3ccccc3)C(C)(C)C)cc(C(=NO)c3scnc3C(=O)N3CCOCC3)c(F)c2F)C[C@H](C)O1. The van der Waals surface area contributed by atoms with Crippen molar-refractivity contribution >= 4 is 47.3 Å². The molecule has 2 saturated heterocycles. The van der Waals surface area contributed by atoms with E-state index in [9.17, 15) is 10.0 Å². The Balaban J connectivity index is 1.50. The van der Waals surface area contributed by atoms with Gasteiger partial charge in [-0.1, -0.05) is 86.6 Å². The van der Waals surface area contributed by atoms with E-state index in [1.54, 1.807) is 9.80 Å². The van der Waals surface area contributed by atoms with E-state index in [1.807, 2.05) is 50.2 Å². The number of carbonyl (C=O) groups is 1. The number of ether oxygens (including phenoxy) is 2. The number of oxime groups is 1. The van der Waals surface area contributed by atoms with E-state index in [2.05, 4.69) is 55.2 Å². The molecule has 2 aliphatic rings. The van der Waals surface area contributed by atoms with Gasteiger partial charge in [0.25, 0.3) is 14.2 Å². The highest BCUT2D eigenvalue weighted by molar-refractivity contribution is 7.12. The molecule has 1 aromatic heterocycles. The van der Waals surface area contributed by atoms with Gasteiger partial charge in [0, 0.05) is 37.3 Å². The predicted molar refractivity (Wildman–Crippen MR) is 197 cm³/mol. The second-order valence-electron chi connectivity index (χ2n) is 14.1. The van der Waals surface area contributed by atoms with Crippen LogP contribution in [0.2, 0.25) is 5.04 Å². The van der Waals surface area contributed by atoms with Crippen molar-refractivity contribution in [2.75, 3.05) is 44.3 Å². The van der Waals surface area contributed by atoms with Gasteiger partial charge < -0.3 is 28.9 Å². The molecular weight excluding hydrogens is 691 g/mol. The Hall–Kier alpha value is -4.01. The van der Waals surface area contributed by atoms with Crippen molar-refractivity contribution in [3.63, 3.8) is 0 Å². The summed E-state index contributed by atoms with van der Waals surface area (Å²) in [4.78, 5) is 21.3. The molecule has 3 heterocycles. The van der Waals surface area contributed by atoms with Gasteiger partial charge in [0.05, 0.1) is 48.1 Å². The molecule has 3 aromatic carbocycles. The van der Waals surface area contributed by atoms with Crippen LogP contribution in [-0.2, 0) is 20.5 Å². The van der Waals surface area contributed by atoms with Gasteiger partial charge in [-0.05, 0) is 35.3 Å². The van der Waals surface area contributed by atoms with E-state index in [1.165, 1.54) is 11.6 Å². The summed E-state index contributed by atoms with van der Waals surface area (Å²) in [6.45, 7) is 12.3. The number of rotatable bonds is 9. The maximum Gasteiger partial charge on any atom is 0.274 e. The van der Waals surface area contributed by atoms with Crippen molar-refractivity contribution in [3.05, 3.63) is 106 Å². The lowest BCUT2D eigenvalue weighted by Crippen LogP contribution is -2.66. The van der Waals surface area contributed by atoms with Crippen molar-refractivity contribution in [2.45, 2.75) is 58.5 Å². The van der Waals surface area contributed by atoms with Crippen LogP contribution in [0.15, 0.2) is 77.4 Å². The summed E-state index contributed by atoms with van der Waals surface area (Å²) in [6, 6.07) is 21.7. The van der Waals surface area contributed by atoms with Crippen LogP contribution < -0.4 is 15.3 Å². The van der Waals surface area contributed by atoms with Crippen LogP contribution in [-0.4, -0.2) is 86.6 Å². The summed E-state index contributed by atoms with van der Waals surface area (Å²) in [6.07, 6.45) is -0.469. The zero-order valence-corrected chi connectivity index (χ0v) is 31.4. The maximum atomic E-state index is 16.8. The zero-order chi connectivity index (χ0) is 36.3. The highest BCUT2D eigenvalue weighted by Gasteiger charge is 2.50. The van der Waals surface area contributed by atoms with Crippen LogP contribution in [0.25, 0.3) is 0 Å². The molecule has 1 amide bonds. The summed E-state index contributed by atoms with van der Waals surface area (Å²) in [5, 5.41) is 15.6. The Bertz CT molecular complexity index is 1820. The van der Waals surface area contributed by atoms with Gasteiger partial charge in [-0.3, -0.25) is 4.79 Å². The van der Waals surface area contributed by atoms with E-state index < -0.39 is 25.9 Å². The lowest BCUT2D eigenvalue weighted by Gasteiger charge is -2.43. The Morgan fingerprint density at radius 3 is 2.14 bits per heavy atom. The second kappa shape index (κ2) is 15.3. The molecule has 6 rings (SSSR count). The normalized spacial score (nSPS) is 19.0. The number of anilines is 1. The average molecular weight is 735 g/mol. The van der Waals surface area contributed by atoms with E-state index >= 15 is 8.78 Å². The number of amides is 1. The molecule has 0 radical (unpaired) electrons. The minimum Gasteiger partial charge on any atom is -0.410 e. The molecule has 2 atom stereocenters. The summed E-state index contributed by atoms with van der Waals surface area (Å²) in [7, 11) is -3.12. The highest BCUT2D eigenvalue weighted by atomic mass is 32.1. The highest BCUT2D eigenvalue weighted by Crippen LogP contribution is 2.40. The van der Waals surface area contributed by atoms with Crippen LogP contribution in [0.3, 0.4) is 0 Å². The number of halogens is 2. The van der Waals surface area contributed by atoms with Gasteiger partial charge in [0.2, 0.25) is 0 Å². The quantitative estimate of drug-likeness (QED) is 0.100. The monoisotopic (exact) mass is 734 g/mol. The van der Waals surface area contributed by atoms with Gasteiger partial charge in [0.1, 0.15) is 11.4 Å². The van der Waals surface area contributed by atoms with Crippen LogP contribution in [0, 0.1) is 11.6 Å². The average Bonchev–Trinajstić information content (AvgIpc) is 3.60. The van der Waals surface area contributed by atoms with Crippen molar-refractivity contribution < 1.29 is 32.7 Å². The fourth-order valence-corrected chi connectivity index (χ4v) is 12.6. The first kappa shape index (κ1) is 36.8. The number of aromatic nitrogens is 1. The number of morpholine rings is 2. The summed E-state index contributed by atoms with van der Waals surface area (Å²) in [5.74, 6) is -2.70. The van der Waals surface area contributed by atoms with E-state index in [-0.39, 0.29) is 51.4 Å². The minimum absolute atomic E-state index is 0.000439. The van der Waals surface area contributed by atoms with Crippen molar-refractivity contribution in [3.8, 4) is 0 Å². The predicted octanol–water partition coefficient (Wildman–Crippen LogP) is 5.81. The van der Waals surface area contributed by atoms with E-state index in [0.717, 1.165) is 21.7 Å². The molecule has 1 N–H and O–H groups in total. The molecule has 2 aliphatic heterocycles. The van der Waals surface area contributed by atoms with Crippen molar-refractivity contribution in [2.24, 2.45) is 5.16 Å². The largest absolute Gasteiger partial charge is 0.410 e. The third-order valence-electron chi connectivity index (χ3n) is 9.50. The lowest BCUT2D eigenvalue weighted by atomic mass is 10.00. The third kappa shape index (κ3) is 7.22. The fourth-order valence-electron chi connectivity index (χ4n) is 7.31. The Kier molecular flexibility index (Phi) is 11.0. The molecule has 0 unspecified atom stereocenters. The van der Waals surface area contributed by atoms with Crippen molar-refractivity contribution in [1.29, 1.82) is 0 Å². The van der Waals surface area contributed by atoms with Crippen LogP contribution in [0.1, 0.15) is 61.1 Å².